The average molecular weight is 422 g/mol. The molecule has 140 valence electrons. The molecule has 3 aromatic rings. The van der Waals surface area contributed by atoms with Crippen LogP contribution in [-0.4, -0.2) is 11.0 Å². The topological polar surface area (TPSA) is 53.2 Å². The molecular weight excluding hydrogens is 405 g/mol. The number of fused-ring (bicyclic) bond motifs is 1. The summed E-state index contributed by atoms with van der Waals surface area (Å²) in [5.41, 5.74) is 7.26. The standard InChI is InChI=1S/C19H17ClFN3OS2/c1-2-11-5-8-14-15(9-11)27-17(16(14)20)18(25)23-24-19(26)22-10-12-3-6-13(21)7-4-12/h3-9H,2,10H2,1H3,(H,23,25)(H2,22,24,26). The summed E-state index contributed by atoms with van der Waals surface area (Å²) in [5.74, 6) is -0.650. The van der Waals surface area contributed by atoms with Crippen molar-refractivity contribution in [2.75, 3.05) is 0 Å². The van der Waals surface area contributed by atoms with Crippen molar-refractivity contribution < 1.29 is 9.18 Å². The van der Waals surface area contributed by atoms with Crippen LogP contribution in [0.15, 0.2) is 42.5 Å². The molecule has 0 aliphatic heterocycles. The molecular formula is C19H17ClFN3OS2. The van der Waals surface area contributed by atoms with Gasteiger partial charge in [-0.1, -0.05) is 42.8 Å². The Balaban J connectivity index is 1.58. The molecule has 0 bridgehead atoms. The van der Waals surface area contributed by atoms with E-state index < -0.39 is 0 Å². The molecule has 4 nitrogen and oxygen atoms in total. The van der Waals surface area contributed by atoms with Crippen LogP contribution in [0.3, 0.4) is 0 Å². The first kappa shape index (κ1) is 19.5. The number of carbonyl (C=O) groups excluding carboxylic acids is 1. The highest BCUT2D eigenvalue weighted by Crippen LogP contribution is 2.35. The fourth-order valence-electron chi connectivity index (χ4n) is 2.47. The van der Waals surface area contributed by atoms with Crippen molar-refractivity contribution in [1.29, 1.82) is 0 Å². The zero-order valence-corrected chi connectivity index (χ0v) is 16.8. The second-order valence-electron chi connectivity index (χ2n) is 5.82. The number of hydrogen-bond donors (Lipinski definition) is 3. The lowest BCUT2D eigenvalue weighted by atomic mass is 10.1. The molecule has 0 aliphatic rings. The molecule has 0 unspecified atom stereocenters. The fourth-order valence-corrected chi connectivity index (χ4v) is 4.07. The van der Waals surface area contributed by atoms with Gasteiger partial charge >= 0.3 is 0 Å². The molecule has 1 heterocycles. The van der Waals surface area contributed by atoms with Crippen molar-refractivity contribution in [3.05, 3.63) is 69.3 Å². The maximum Gasteiger partial charge on any atom is 0.281 e. The van der Waals surface area contributed by atoms with Crippen LogP contribution in [0.5, 0.6) is 0 Å². The monoisotopic (exact) mass is 421 g/mol. The molecule has 0 fully saturated rings. The Morgan fingerprint density at radius 3 is 2.56 bits per heavy atom. The Morgan fingerprint density at radius 2 is 1.85 bits per heavy atom. The molecule has 27 heavy (non-hydrogen) atoms. The van der Waals surface area contributed by atoms with Gasteiger partial charge in [0, 0.05) is 16.6 Å². The number of carbonyl (C=O) groups is 1. The SMILES string of the molecule is CCc1ccc2c(Cl)c(C(=O)NNC(=S)NCc3ccc(F)cc3)sc2c1. The molecule has 0 aliphatic carbocycles. The largest absolute Gasteiger partial charge is 0.357 e. The maximum atomic E-state index is 12.9. The first-order valence-corrected chi connectivity index (χ1v) is 9.87. The van der Waals surface area contributed by atoms with Gasteiger partial charge in [0.1, 0.15) is 10.7 Å². The third-order valence-corrected chi connectivity index (χ3v) is 5.87. The summed E-state index contributed by atoms with van der Waals surface area (Å²) in [5, 5.41) is 4.48. The first-order chi connectivity index (χ1) is 13.0. The summed E-state index contributed by atoms with van der Waals surface area (Å²) in [6, 6.07) is 12.1. The van der Waals surface area contributed by atoms with Gasteiger partial charge in [-0.15, -0.1) is 11.3 Å². The van der Waals surface area contributed by atoms with Crippen LogP contribution in [0.2, 0.25) is 5.02 Å². The van der Waals surface area contributed by atoms with E-state index in [0.29, 0.717) is 16.4 Å². The van der Waals surface area contributed by atoms with E-state index in [1.807, 2.05) is 18.2 Å². The van der Waals surface area contributed by atoms with E-state index in [0.717, 1.165) is 22.1 Å². The molecule has 2 aromatic carbocycles. The molecule has 0 saturated heterocycles. The third kappa shape index (κ3) is 4.74. The minimum atomic E-state index is -0.356. The van der Waals surface area contributed by atoms with Gasteiger partial charge < -0.3 is 5.32 Å². The molecule has 0 radical (unpaired) electrons. The zero-order chi connectivity index (χ0) is 19.4. The van der Waals surface area contributed by atoms with Gasteiger partial charge in [-0.3, -0.25) is 15.6 Å². The number of rotatable bonds is 4. The Morgan fingerprint density at radius 1 is 1.15 bits per heavy atom. The summed E-state index contributed by atoms with van der Waals surface area (Å²) in [7, 11) is 0. The summed E-state index contributed by atoms with van der Waals surface area (Å²) in [6.07, 6.45) is 0.919. The second kappa shape index (κ2) is 8.65. The lowest BCUT2D eigenvalue weighted by Gasteiger charge is -2.11. The quantitative estimate of drug-likeness (QED) is 0.427. The predicted molar refractivity (Wildman–Crippen MR) is 113 cm³/mol. The number of benzene rings is 2. The summed E-state index contributed by atoms with van der Waals surface area (Å²) >= 11 is 12.8. The summed E-state index contributed by atoms with van der Waals surface area (Å²) < 4.78 is 13.9. The van der Waals surface area contributed by atoms with E-state index in [2.05, 4.69) is 23.1 Å². The molecule has 0 saturated carbocycles. The smallest absolute Gasteiger partial charge is 0.281 e. The fraction of sp³-hybridized carbons (Fsp3) is 0.158. The number of nitrogens with one attached hydrogen (secondary N) is 3. The van der Waals surface area contributed by atoms with Gasteiger partial charge in [0.25, 0.3) is 5.91 Å². The lowest BCUT2D eigenvalue weighted by molar-refractivity contribution is 0.0948. The van der Waals surface area contributed by atoms with Crippen LogP contribution >= 0.6 is 35.2 Å². The average Bonchev–Trinajstić information content (AvgIpc) is 3.01. The van der Waals surface area contributed by atoms with Gasteiger partial charge in [-0.05, 0) is 48.0 Å². The zero-order valence-electron chi connectivity index (χ0n) is 14.4. The van der Waals surface area contributed by atoms with Crippen molar-refractivity contribution >= 4 is 56.3 Å². The minimum Gasteiger partial charge on any atom is -0.357 e. The Kier molecular flexibility index (Phi) is 6.26. The van der Waals surface area contributed by atoms with E-state index in [1.54, 1.807) is 12.1 Å². The third-order valence-electron chi connectivity index (χ3n) is 3.96. The van der Waals surface area contributed by atoms with Crippen molar-refractivity contribution in [2.45, 2.75) is 19.9 Å². The molecule has 1 amide bonds. The van der Waals surface area contributed by atoms with Crippen molar-refractivity contribution in [2.24, 2.45) is 0 Å². The number of halogens is 2. The highest BCUT2D eigenvalue weighted by Gasteiger charge is 2.17. The lowest BCUT2D eigenvalue weighted by Crippen LogP contribution is -2.46. The number of hydrogen-bond acceptors (Lipinski definition) is 3. The van der Waals surface area contributed by atoms with E-state index in [1.165, 1.54) is 29.0 Å². The normalized spacial score (nSPS) is 10.6. The highest BCUT2D eigenvalue weighted by atomic mass is 35.5. The number of amides is 1. The molecule has 3 N–H and O–H groups in total. The van der Waals surface area contributed by atoms with E-state index in [-0.39, 0.29) is 16.8 Å². The molecule has 1 aromatic heterocycles. The number of aryl methyl sites for hydroxylation is 1. The van der Waals surface area contributed by atoms with Gasteiger partial charge in [-0.25, -0.2) is 4.39 Å². The van der Waals surface area contributed by atoms with Gasteiger partial charge in [0.2, 0.25) is 0 Å². The van der Waals surface area contributed by atoms with Crippen molar-refractivity contribution in [3.63, 3.8) is 0 Å². The van der Waals surface area contributed by atoms with E-state index >= 15 is 0 Å². The number of hydrazine groups is 1. The minimum absolute atomic E-state index is 0.248. The molecule has 0 spiro atoms. The maximum absolute atomic E-state index is 12.9. The summed E-state index contributed by atoms with van der Waals surface area (Å²) in [6.45, 7) is 2.49. The molecule has 8 heteroatoms. The highest BCUT2D eigenvalue weighted by molar-refractivity contribution is 7.80. The van der Waals surface area contributed by atoms with Crippen LogP contribution in [0, 0.1) is 5.82 Å². The molecule has 3 rings (SSSR count). The van der Waals surface area contributed by atoms with Crippen LogP contribution in [0.4, 0.5) is 4.39 Å². The van der Waals surface area contributed by atoms with Gasteiger partial charge in [0.15, 0.2) is 5.11 Å². The van der Waals surface area contributed by atoms with Crippen molar-refractivity contribution in [1.82, 2.24) is 16.2 Å². The Hall–Kier alpha value is -2.22. The second-order valence-corrected chi connectivity index (χ2v) is 7.66. The molecule has 0 atom stereocenters. The Bertz CT molecular complexity index is 989. The van der Waals surface area contributed by atoms with Crippen LogP contribution in [0.25, 0.3) is 10.1 Å². The van der Waals surface area contributed by atoms with Crippen LogP contribution in [-0.2, 0) is 13.0 Å². The van der Waals surface area contributed by atoms with Crippen LogP contribution in [0.1, 0.15) is 27.7 Å². The van der Waals surface area contributed by atoms with E-state index in [4.69, 9.17) is 23.8 Å². The van der Waals surface area contributed by atoms with Crippen molar-refractivity contribution in [3.8, 4) is 0 Å². The Labute approximate surface area is 170 Å². The van der Waals surface area contributed by atoms with Gasteiger partial charge in [-0.2, -0.15) is 0 Å². The first-order valence-electron chi connectivity index (χ1n) is 8.27. The van der Waals surface area contributed by atoms with Gasteiger partial charge in [0.05, 0.1) is 5.02 Å². The number of thiocarbonyl (C=S) groups is 1. The number of thiophene rings is 1. The summed E-state index contributed by atoms with van der Waals surface area (Å²) in [4.78, 5) is 12.9. The predicted octanol–water partition coefficient (Wildman–Crippen LogP) is 4.57. The van der Waals surface area contributed by atoms with Crippen LogP contribution < -0.4 is 16.2 Å². The van der Waals surface area contributed by atoms with E-state index in [9.17, 15) is 9.18 Å².